The van der Waals surface area contributed by atoms with Crippen molar-refractivity contribution in [1.29, 1.82) is 0 Å². The summed E-state index contributed by atoms with van der Waals surface area (Å²) in [7, 11) is 0. The van der Waals surface area contributed by atoms with E-state index in [1.54, 1.807) is 0 Å². The van der Waals surface area contributed by atoms with Crippen LogP contribution in [0.5, 0.6) is 0 Å². The van der Waals surface area contributed by atoms with Crippen molar-refractivity contribution in [2.45, 2.75) is 46.1 Å². The van der Waals surface area contributed by atoms with Crippen molar-refractivity contribution in [3.05, 3.63) is 9.66 Å². The average molecular weight is 282 g/mol. The van der Waals surface area contributed by atoms with Crippen LogP contribution in [0.2, 0.25) is 0 Å². The summed E-state index contributed by atoms with van der Waals surface area (Å²) in [5, 5.41) is 9.30. The molecule has 0 saturated carbocycles. The Morgan fingerprint density at radius 2 is 2.08 bits per heavy atom. The van der Waals surface area contributed by atoms with Gasteiger partial charge in [0.15, 0.2) is 0 Å². The fraction of sp³-hybridized carbons (Fsp3) is 0.800. The quantitative estimate of drug-likeness (QED) is 0.604. The number of halogens is 1. The van der Waals surface area contributed by atoms with Gasteiger partial charge < -0.3 is 5.11 Å². The smallest absolute Gasteiger partial charge is 0.0582 e. The molecule has 0 saturated heterocycles. The molecule has 0 rings (SSSR count). The monoisotopic (exact) mass is 282 g/mol. The van der Waals surface area contributed by atoms with E-state index in [9.17, 15) is 5.11 Å². The number of aliphatic hydroxyl groups is 1. The first-order chi connectivity index (χ1) is 5.59. The Hall–Kier alpha value is 0.430. The Morgan fingerprint density at radius 3 is 2.50 bits per heavy atom. The number of unbranched alkanes of at least 4 members (excludes halogenated alkanes) is 2. The molecule has 0 heterocycles. The summed E-state index contributed by atoms with van der Waals surface area (Å²) in [6.07, 6.45) is 5.64. The van der Waals surface area contributed by atoms with Gasteiger partial charge in [0.25, 0.3) is 0 Å². The molecule has 1 N–H and O–H groups in total. The van der Waals surface area contributed by atoms with Crippen LogP contribution in [-0.2, 0) is 0 Å². The lowest BCUT2D eigenvalue weighted by molar-refractivity contribution is 0.156. The lowest BCUT2D eigenvalue weighted by atomic mass is 10.1. The number of rotatable bonds is 5. The molecule has 1 nitrogen and oxygen atoms in total. The van der Waals surface area contributed by atoms with Crippen LogP contribution in [0.25, 0.3) is 0 Å². The predicted octanol–water partition coefficient (Wildman–Crippen LogP) is 3.51. The second-order valence-corrected chi connectivity index (χ2v) is 4.51. The minimum atomic E-state index is -0.227. The molecule has 0 aromatic rings. The summed E-state index contributed by atoms with van der Waals surface area (Å²) in [6.45, 7) is 6.10. The normalized spacial score (nSPS) is 17.6. The molecule has 2 atom stereocenters. The zero-order valence-electron chi connectivity index (χ0n) is 8.18. The van der Waals surface area contributed by atoms with Gasteiger partial charge in [0.05, 0.1) is 6.10 Å². The van der Waals surface area contributed by atoms with Gasteiger partial charge in [0.2, 0.25) is 0 Å². The average Bonchev–Trinajstić information content (AvgIpc) is 2.03. The van der Waals surface area contributed by atoms with Gasteiger partial charge in [0.1, 0.15) is 0 Å². The SMILES string of the molecule is CCCC/C=C(/I)[C@H](C)[C@@H](C)O. The predicted molar refractivity (Wildman–Crippen MR) is 62.5 cm³/mol. The van der Waals surface area contributed by atoms with Gasteiger partial charge in [-0.2, -0.15) is 0 Å². The van der Waals surface area contributed by atoms with Crippen LogP contribution in [0.3, 0.4) is 0 Å². The molecule has 0 aromatic heterocycles. The van der Waals surface area contributed by atoms with Gasteiger partial charge >= 0.3 is 0 Å². The molecule has 0 spiro atoms. The first kappa shape index (κ1) is 12.4. The number of hydrogen-bond donors (Lipinski definition) is 1. The molecule has 0 bridgehead atoms. The summed E-state index contributed by atoms with van der Waals surface area (Å²) >= 11 is 2.32. The van der Waals surface area contributed by atoms with Crippen molar-refractivity contribution in [2.24, 2.45) is 5.92 Å². The maximum absolute atomic E-state index is 9.30. The molecule has 0 unspecified atom stereocenters. The van der Waals surface area contributed by atoms with E-state index in [1.807, 2.05) is 6.92 Å². The third-order valence-electron chi connectivity index (χ3n) is 2.06. The minimum absolute atomic E-state index is 0.227. The van der Waals surface area contributed by atoms with E-state index in [0.717, 1.165) is 6.42 Å². The summed E-state index contributed by atoms with van der Waals surface area (Å²) in [5.41, 5.74) is 0. The maximum Gasteiger partial charge on any atom is 0.0582 e. The van der Waals surface area contributed by atoms with E-state index in [0.29, 0.717) is 5.92 Å². The Bertz CT molecular complexity index is 141. The highest BCUT2D eigenvalue weighted by Gasteiger charge is 2.10. The molecule has 0 radical (unpaired) electrons. The van der Waals surface area contributed by atoms with E-state index >= 15 is 0 Å². The Morgan fingerprint density at radius 1 is 1.50 bits per heavy atom. The van der Waals surface area contributed by atoms with E-state index < -0.39 is 0 Å². The largest absolute Gasteiger partial charge is 0.393 e. The zero-order valence-corrected chi connectivity index (χ0v) is 10.3. The first-order valence-electron chi connectivity index (χ1n) is 4.63. The van der Waals surface area contributed by atoms with Crippen LogP contribution in [0.1, 0.15) is 40.0 Å². The fourth-order valence-corrected chi connectivity index (χ4v) is 1.69. The van der Waals surface area contributed by atoms with Crippen molar-refractivity contribution < 1.29 is 5.11 Å². The lowest BCUT2D eigenvalue weighted by Crippen LogP contribution is -2.12. The Kier molecular flexibility index (Phi) is 7.14. The van der Waals surface area contributed by atoms with Gasteiger partial charge in [-0.3, -0.25) is 0 Å². The molecular formula is C10H19IO. The molecule has 12 heavy (non-hydrogen) atoms. The van der Waals surface area contributed by atoms with Crippen LogP contribution in [0.4, 0.5) is 0 Å². The van der Waals surface area contributed by atoms with E-state index in [4.69, 9.17) is 0 Å². The van der Waals surface area contributed by atoms with Crippen molar-refractivity contribution in [2.75, 3.05) is 0 Å². The van der Waals surface area contributed by atoms with Crippen LogP contribution >= 0.6 is 22.6 Å². The summed E-state index contributed by atoms with van der Waals surface area (Å²) < 4.78 is 1.29. The molecule has 0 aliphatic carbocycles. The Balaban J connectivity index is 3.82. The Labute approximate surface area is 89.4 Å². The van der Waals surface area contributed by atoms with Crippen molar-refractivity contribution in [3.8, 4) is 0 Å². The third kappa shape index (κ3) is 5.14. The molecule has 0 aliphatic heterocycles. The second-order valence-electron chi connectivity index (χ2n) is 3.26. The van der Waals surface area contributed by atoms with Crippen LogP contribution in [0.15, 0.2) is 9.66 Å². The van der Waals surface area contributed by atoms with E-state index in [1.165, 1.54) is 16.4 Å². The van der Waals surface area contributed by atoms with Crippen LogP contribution in [-0.4, -0.2) is 11.2 Å². The van der Waals surface area contributed by atoms with Gasteiger partial charge in [-0.25, -0.2) is 0 Å². The standard InChI is InChI=1S/C10H19IO/c1-4-5-6-7-10(11)8(2)9(3)12/h7-9,12H,4-6H2,1-3H3/b10-7+/t8-,9-/m1/s1. The highest BCUT2D eigenvalue weighted by Crippen LogP contribution is 2.22. The number of aliphatic hydroxyl groups excluding tert-OH is 1. The zero-order chi connectivity index (χ0) is 9.56. The second kappa shape index (κ2) is 6.89. The van der Waals surface area contributed by atoms with E-state index in [-0.39, 0.29) is 6.10 Å². The third-order valence-corrected chi connectivity index (χ3v) is 3.48. The van der Waals surface area contributed by atoms with Gasteiger partial charge in [0, 0.05) is 5.92 Å². The summed E-state index contributed by atoms with van der Waals surface area (Å²) in [4.78, 5) is 0. The molecule has 2 heteroatoms. The number of hydrogen-bond acceptors (Lipinski definition) is 1. The topological polar surface area (TPSA) is 20.2 Å². The highest BCUT2D eigenvalue weighted by molar-refractivity contribution is 14.1. The lowest BCUT2D eigenvalue weighted by Gasteiger charge is -2.13. The van der Waals surface area contributed by atoms with E-state index in [2.05, 4.69) is 42.5 Å². The van der Waals surface area contributed by atoms with Crippen molar-refractivity contribution in [3.63, 3.8) is 0 Å². The van der Waals surface area contributed by atoms with Crippen molar-refractivity contribution in [1.82, 2.24) is 0 Å². The minimum Gasteiger partial charge on any atom is -0.393 e. The van der Waals surface area contributed by atoms with Crippen LogP contribution in [0, 0.1) is 5.92 Å². The maximum atomic E-state index is 9.30. The number of allylic oxidation sites excluding steroid dienone is 1. The highest BCUT2D eigenvalue weighted by atomic mass is 127. The molecule has 72 valence electrons. The molecule has 0 amide bonds. The van der Waals surface area contributed by atoms with Gasteiger partial charge in [-0.1, -0.05) is 32.8 Å². The first-order valence-corrected chi connectivity index (χ1v) is 5.71. The van der Waals surface area contributed by atoms with Crippen LogP contribution < -0.4 is 0 Å². The molecule has 0 aliphatic rings. The molecular weight excluding hydrogens is 263 g/mol. The van der Waals surface area contributed by atoms with Gasteiger partial charge in [-0.15, -0.1) is 0 Å². The molecule has 0 fully saturated rings. The van der Waals surface area contributed by atoms with Gasteiger partial charge in [-0.05, 0) is 39.5 Å². The summed E-state index contributed by atoms with van der Waals surface area (Å²) in [6, 6.07) is 0. The van der Waals surface area contributed by atoms with Crippen molar-refractivity contribution >= 4 is 22.6 Å². The fourth-order valence-electron chi connectivity index (χ4n) is 0.860. The molecule has 0 aromatic carbocycles. The summed E-state index contributed by atoms with van der Waals surface area (Å²) in [5.74, 6) is 0.294.